The zero-order valence-electron chi connectivity index (χ0n) is 20.8. The van der Waals surface area contributed by atoms with Gasteiger partial charge in [-0.05, 0) is 48.6 Å². The molecule has 4 rings (SSSR count). The summed E-state index contributed by atoms with van der Waals surface area (Å²) >= 11 is 0. The van der Waals surface area contributed by atoms with Crippen LogP contribution in [0.5, 0.6) is 5.75 Å². The van der Waals surface area contributed by atoms with E-state index in [2.05, 4.69) is 20.9 Å². The molecule has 0 heterocycles. The highest BCUT2D eigenvalue weighted by molar-refractivity contribution is 6.11. The molecule has 4 aromatic rings. The van der Waals surface area contributed by atoms with E-state index >= 15 is 0 Å². The van der Waals surface area contributed by atoms with E-state index in [1.807, 2.05) is 13.8 Å². The first kappa shape index (κ1) is 26.0. The van der Waals surface area contributed by atoms with Crippen molar-refractivity contribution in [3.63, 3.8) is 0 Å². The fourth-order valence-corrected chi connectivity index (χ4v) is 3.95. The Morgan fingerprint density at radius 2 is 1.74 bits per heavy atom. The van der Waals surface area contributed by atoms with Crippen LogP contribution in [0.1, 0.15) is 40.1 Å². The Balaban J connectivity index is 1.76. The van der Waals surface area contributed by atoms with Gasteiger partial charge in [0.1, 0.15) is 5.69 Å². The standard InChI is InChI=1S/C28H25N5O5/c1-3-17-12-13-19(27(35)29-4-2)15-24(17)31-32-25-22-11-6-5-8-18(22)14-23(26(25)34)28(36)30-20-9-7-10-21(16-20)33(37)38/h5-16,34H,3-4H2,1-2H3,(H,29,35)(H,30,36)/b32-31+. The lowest BCUT2D eigenvalue weighted by Gasteiger charge is -2.11. The molecule has 0 atom stereocenters. The van der Waals surface area contributed by atoms with Gasteiger partial charge in [-0.25, -0.2) is 0 Å². The molecule has 0 radical (unpaired) electrons. The molecule has 0 saturated heterocycles. The van der Waals surface area contributed by atoms with Gasteiger partial charge in [-0.3, -0.25) is 19.7 Å². The number of amides is 2. The van der Waals surface area contributed by atoms with Gasteiger partial charge < -0.3 is 15.7 Å². The van der Waals surface area contributed by atoms with E-state index in [4.69, 9.17) is 0 Å². The minimum atomic E-state index is -0.669. The second kappa shape index (κ2) is 11.3. The molecule has 0 fully saturated rings. The fraction of sp³-hybridized carbons (Fsp3) is 0.143. The summed E-state index contributed by atoms with van der Waals surface area (Å²) in [5.41, 5.74) is 1.78. The molecule has 0 spiro atoms. The summed E-state index contributed by atoms with van der Waals surface area (Å²) in [4.78, 5) is 36.0. The number of rotatable bonds is 8. The van der Waals surface area contributed by atoms with Crippen LogP contribution in [0, 0.1) is 10.1 Å². The van der Waals surface area contributed by atoms with Crippen LogP contribution in [0.4, 0.5) is 22.7 Å². The third-order valence-corrected chi connectivity index (χ3v) is 5.88. The highest BCUT2D eigenvalue weighted by atomic mass is 16.6. The van der Waals surface area contributed by atoms with Crippen molar-refractivity contribution in [1.82, 2.24) is 5.32 Å². The number of non-ortho nitro benzene ring substituents is 1. The summed E-state index contributed by atoms with van der Waals surface area (Å²) in [6, 6.07) is 19.2. The van der Waals surface area contributed by atoms with E-state index in [0.29, 0.717) is 35.0 Å². The van der Waals surface area contributed by atoms with Gasteiger partial charge >= 0.3 is 0 Å². The van der Waals surface area contributed by atoms with Crippen molar-refractivity contribution in [1.29, 1.82) is 0 Å². The Labute approximate surface area is 218 Å². The lowest BCUT2D eigenvalue weighted by Crippen LogP contribution is -2.22. The highest BCUT2D eigenvalue weighted by Crippen LogP contribution is 2.40. The first-order valence-corrected chi connectivity index (χ1v) is 12.0. The third-order valence-electron chi connectivity index (χ3n) is 5.88. The second-order valence-electron chi connectivity index (χ2n) is 8.36. The molecule has 0 aliphatic rings. The molecule has 10 nitrogen and oxygen atoms in total. The molecule has 0 saturated carbocycles. The van der Waals surface area contributed by atoms with Crippen molar-refractivity contribution in [2.75, 3.05) is 11.9 Å². The number of nitro benzene ring substituents is 1. The van der Waals surface area contributed by atoms with Gasteiger partial charge in [0.15, 0.2) is 5.75 Å². The molecule has 192 valence electrons. The van der Waals surface area contributed by atoms with Crippen molar-refractivity contribution in [2.45, 2.75) is 20.3 Å². The number of carbonyl (C=O) groups is 2. The van der Waals surface area contributed by atoms with Crippen molar-refractivity contribution < 1.29 is 19.6 Å². The van der Waals surface area contributed by atoms with E-state index in [0.717, 1.165) is 5.56 Å². The molecule has 0 bridgehead atoms. The van der Waals surface area contributed by atoms with Crippen LogP contribution in [-0.4, -0.2) is 28.4 Å². The number of aryl methyl sites for hydroxylation is 1. The molecular formula is C28H25N5O5. The van der Waals surface area contributed by atoms with Crippen LogP contribution >= 0.6 is 0 Å². The minimum Gasteiger partial charge on any atom is -0.505 e. The van der Waals surface area contributed by atoms with Crippen molar-refractivity contribution in [2.24, 2.45) is 10.2 Å². The van der Waals surface area contributed by atoms with Crippen molar-refractivity contribution in [3.8, 4) is 5.75 Å². The van der Waals surface area contributed by atoms with Gasteiger partial charge in [-0.1, -0.05) is 43.3 Å². The number of anilines is 1. The van der Waals surface area contributed by atoms with Gasteiger partial charge in [-0.15, -0.1) is 5.11 Å². The van der Waals surface area contributed by atoms with E-state index in [9.17, 15) is 24.8 Å². The number of benzene rings is 4. The Hall–Kier alpha value is -5.12. The molecule has 0 aliphatic carbocycles. The smallest absolute Gasteiger partial charge is 0.271 e. The normalized spacial score (nSPS) is 11.0. The Morgan fingerprint density at radius 1 is 0.947 bits per heavy atom. The Kier molecular flexibility index (Phi) is 7.72. The zero-order chi connectivity index (χ0) is 27.2. The van der Waals surface area contributed by atoms with E-state index in [1.165, 1.54) is 30.3 Å². The zero-order valence-corrected chi connectivity index (χ0v) is 20.8. The largest absolute Gasteiger partial charge is 0.505 e. The highest BCUT2D eigenvalue weighted by Gasteiger charge is 2.19. The van der Waals surface area contributed by atoms with Crippen LogP contribution in [-0.2, 0) is 6.42 Å². The molecule has 10 heteroatoms. The van der Waals surface area contributed by atoms with Crippen molar-refractivity contribution in [3.05, 3.63) is 99.6 Å². The number of nitrogens with one attached hydrogen (secondary N) is 2. The molecule has 0 aliphatic heterocycles. The molecule has 38 heavy (non-hydrogen) atoms. The quantitative estimate of drug-likeness (QED) is 0.142. The number of fused-ring (bicyclic) bond motifs is 1. The van der Waals surface area contributed by atoms with Crippen LogP contribution in [0.2, 0.25) is 0 Å². The topological polar surface area (TPSA) is 146 Å². The van der Waals surface area contributed by atoms with E-state index in [1.54, 1.807) is 42.5 Å². The molecule has 2 amide bonds. The average Bonchev–Trinajstić information content (AvgIpc) is 2.92. The van der Waals surface area contributed by atoms with E-state index in [-0.39, 0.29) is 28.5 Å². The third kappa shape index (κ3) is 5.49. The summed E-state index contributed by atoms with van der Waals surface area (Å²) in [6.07, 6.45) is 0.641. The summed E-state index contributed by atoms with van der Waals surface area (Å²) < 4.78 is 0. The number of nitro groups is 1. The fourth-order valence-electron chi connectivity index (χ4n) is 3.95. The first-order valence-electron chi connectivity index (χ1n) is 12.0. The van der Waals surface area contributed by atoms with Gasteiger partial charge in [0.25, 0.3) is 17.5 Å². The van der Waals surface area contributed by atoms with Gasteiger partial charge in [0, 0.05) is 35.3 Å². The number of carbonyl (C=O) groups excluding carboxylic acids is 2. The predicted molar refractivity (Wildman–Crippen MR) is 145 cm³/mol. The average molecular weight is 512 g/mol. The summed E-state index contributed by atoms with van der Waals surface area (Å²) in [5, 5.41) is 37.4. The van der Waals surface area contributed by atoms with E-state index < -0.39 is 16.6 Å². The number of phenolic OH excluding ortho intramolecular Hbond substituents is 1. The first-order chi connectivity index (χ1) is 18.3. The van der Waals surface area contributed by atoms with Crippen LogP contribution in [0.3, 0.4) is 0 Å². The number of hydrogen-bond acceptors (Lipinski definition) is 7. The number of hydrogen-bond donors (Lipinski definition) is 3. The van der Waals surface area contributed by atoms with Crippen LogP contribution in [0.15, 0.2) is 83.0 Å². The molecular weight excluding hydrogens is 486 g/mol. The minimum absolute atomic E-state index is 0.0732. The van der Waals surface area contributed by atoms with Gasteiger partial charge in [0.2, 0.25) is 0 Å². The molecule has 4 aromatic carbocycles. The van der Waals surface area contributed by atoms with Gasteiger partial charge in [-0.2, -0.15) is 5.11 Å². The van der Waals surface area contributed by atoms with Crippen LogP contribution < -0.4 is 10.6 Å². The van der Waals surface area contributed by atoms with Crippen molar-refractivity contribution >= 4 is 45.3 Å². The number of phenols is 1. The lowest BCUT2D eigenvalue weighted by molar-refractivity contribution is -0.384. The summed E-state index contributed by atoms with van der Waals surface area (Å²) in [5.74, 6) is -1.30. The SMILES string of the molecule is CCNC(=O)c1ccc(CC)c(/N=N/c2c(O)c(C(=O)Nc3cccc([N+](=O)[O-])c3)cc3ccccc23)c1. The lowest BCUT2D eigenvalue weighted by atomic mass is 10.0. The molecule has 3 N–H and O–H groups in total. The summed E-state index contributed by atoms with van der Waals surface area (Å²) in [6.45, 7) is 4.26. The number of aromatic hydroxyl groups is 1. The van der Waals surface area contributed by atoms with Gasteiger partial charge in [0.05, 0.1) is 16.2 Å². The maximum atomic E-state index is 13.1. The van der Waals surface area contributed by atoms with Crippen LogP contribution in [0.25, 0.3) is 10.8 Å². The summed E-state index contributed by atoms with van der Waals surface area (Å²) in [7, 11) is 0. The molecule has 0 unspecified atom stereocenters. The second-order valence-corrected chi connectivity index (χ2v) is 8.36. The Bertz CT molecular complexity index is 1580. The maximum Gasteiger partial charge on any atom is 0.271 e. The monoisotopic (exact) mass is 511 g/mol. The predicted octanol–water partition coefficient (Wildman–Crippen LogP) is 6.43. The maximum absolute atomic E-state index is 13.1. The Morgan fingerprint density at radius 3 is 2.47 bits per heavy atom. The molecule has 0 aromatic heterocycles. The number of nitrogens with zero attached hydrogens (tertiary/aromatic N) is 3. The number of azo groups is 1.